The molecule has 2 nitrogen and oxygen atoms in total. The summed E-state index contributed by atoms with van der Waals surface area (Å²) in [5.41, 5.74) is 9.04. The molecule has 0 amide bonds. The molecule has 1 unspecified atom stereocenters. The normalized spacial score (nSPS) is 12.5. The van der Waals surface area contributed by atoms with Gasteiger partial charge in [-0.2, -0.15) is 0 Å². The zero-order valence-corrected chi connectivity index (χ0v) is 13.1. The van der Waals surface area contributed by atoms with E-state index in [0.29, 0.717) is 0 Å². The quantitative estimate of drug-likeness (QED) is 0.664. The molecule has 0 saturated heterocycles. The molecule has 0 aromatic heterocycles. The minimum atomic E-state index is -0.00475. The average molecular weight is 319 g/mol. The van der Waals surface area contributed by atoms with Crippen LogP contribution < -0.4 is 11.3 Å². The first kappa shape index (κ1) is 14.3. The second-order valence-corrected chi connectivity index (χ2v) is 5.84. The highest BCUT2D eigenvalue weighted by Gasteiger charge is 2.17. The topological polar surface area (TPSA) is 38.0 Å². The van der Waals surface area contributed by atoms with Crippen molar-refractivity contribution in [2.45, 2.75) is 26.8 Å². The Kier molecular flexibility index (Phi) is 4.40. The standard InChI is InChI=1S/C16H19BrN2/c1-10-4-6-13(12(3)8-10)16(19-18)14-9-11(2)5-7-15(14)17/h4-9,16,19H,18H2,1-3H3. The van der Waals surface area contributed by atoms with Crippen LogP contribution in [-0.4, -0.2) is 0 Å². The lowest BCUT2D eigenvalue weighted by molar-refractivity contribution is 0.631. The Balaban J connectivity index is 2.52. The summed E-state index contributed by atoms with van der Waals surface area (Å²) in [7, 11) is 0. The van der Waals surface area contributed by atoms with Crippen molar-refractivity contribution >= 4 is 15.9 Å². The van der Waals surface area contributed by atoms with Crippen LogP contribution in [0.1, 0.15) is 33.9 Å². The summed E-state index contributed by atoms with van der Waals surface area (Å²) in [4.78, 5) is 0. The number of halogens is 1. The van der Waals surface area contributed by atoms with Crippen LogP contribution in [0, 0.1) is 20.8 Å². The summed E-state index contributed by atoms with van der Waals surface area (Å²) in [6, 6.07) is 12.8. The van der Waals surface area contributed by atoms with E-state index in [-0.39, 0.29) is 6.04 Å². The van der Waals surface area contributed by atoms with E-state index >= 15 is 0 Å². The van der Waals surface area contributed by atoms with Crippen molar-refractivity contribution in [2.75, 3.05) is 0 Å². The van der Waals surface area contributed by atoms with E-state index in [1.54, 1.807) is 0 Å². The lowest BCUT2D eigenvalue weighted by atomic mass is 9.93. The highest BCUT2D eigenvalue weighted by Crippen LogP contribution is 2.30. The van der Waals surface area contributed by atoms with Gasteiger partial charge in [0.25, 0.3) is 0 Å². The Morgan fingerprint density at radius 1 is 0.947 bits per heavy atom. The number of benzene rings is 2. The van der Waals surface area contributed by atoms with Crippen molar-refractivity contribution < 1.29 is 0 Å². The summed E-state index contributed by atoms with van der Waals surface area (Å²) in [6.07, 6.45) is 0. The molecule has 0 aliphatic heterocycles. The highest BCUT2D eigenvalue weighted by molar-refractivity contribution is 9.10. The number of nitrogens with two attached hydrogens (primary N) is 1. The average Bonchev–Trinajstić information content (AvgIpc) is 2.36. The zero-order chi connectivity index (χ0) is 14.0. The Bertz CT molecular complexity index is 593. The molecule has 0 saturated carbocycles. The first-order chi connectivity index (χ1) is 9.02. The first-order valence-electron chi connectivity index (χ1n) is 6.32. The summed E-state index contributed by atoms with van der Waals surface area (Å²) >= 11 is 3.61. The molecule has 3 N–H and O–H groups in total. The summed E-state index contributed by atoms with van der Waals surface area (Å²) in [5, 5.41) is 0. The molecule has 0 spiro atoms. The van der Waals surface area contributed by atoms with Gasteiger partial charge in [-0.3, -0.25) is 5.84 Å². The summed E-state index contributed by atoms with van der Waals surface area (Å²) < 4.78 is 1.07. The van der Waals surface area contributed by atoms with Crippen LogP contribution >= 0.6 is 15.9 Å². The van der Waals surface area contributed by atoms with Crippen LogP contribution in [0.4, 0.5) is 0 Å². The van der Waals surface area contributed by atoms with Crippen molar-refractivity contribution in [1.29, 1.82) is 0 Å². The number of rotatable bonds is 3. The second kappa shape index (κ2) is 5.87. The summed E-state index contributed by atoms with van der Waals surface area (Å²) in [5.74, 6) is 5.79. The molecule has 0 aliphatic carbocycles. The molecular weight excluding hydrogens is 300 g/mol. The van der Waals surface area contributed by atoms with Crippen molar-refractivity contribution in [3.8, 4) is 0 Å². The van der Waals surface area contributed by atoms with E-state index in [9.17, 15) is 0 Å². The highest BCUT2D eigenvalue weighted by atomic mass is 79.9. The molecule has 0 aliphatic rings. The molecular formula is C16H19BrN2. The third kappa shape index (κ3) is 3.06. The third-order valence-electron chi connectivity index (χ3n) is 3.37. The fourth-order valence-corrected chi connectivity index (χ4v) is 2.86. The Morgan fingerprint density at radius 3 is 2.21 bits per heavy atom. The Labute approximate surface area is 123 Å². The maximum atomic E-state index is 5.79. The molecule has 0 bridgehead atoms. The van der Waals surface area contributed by atoms with E-state index in [1.807, 2.05) is 0 Å². The van der Waals surface area contributed by atoms with Gasteiger partial charge in [0.1, 0.15) is 0 Å². The fourth-order valence-electron chi connectivity index (χ4n) is 2.38. The molecule has 2 aromatic carbocycles. The third-order valence-corrected chi connectivity index (χ3v) is 4.09. The lowest BCUT2D eigenvalue weighted by Crippen LogP contribution is -2.29. The molecule has 19 heavy (non-hydrogen) atoms. The molecule has 2 aromatic rings. The van der Waals surface area contributed by atoms with Crippen LogP contribution in [0.25, 0.3) is 0 Å². The predicted octanol–water partition coefficient (Wildman–Crippen LogP) is 3.93. The number of hydrogen-bond donors (Lipinski definition) is 2. The van der Waals surface area contributed by atoms with Crippen LogP contribution in [0.2, 0.25) is 0 Å². The van der Waals surface area contributed by atoms with Crippen LogP contribution in [0.15, 0.2) is 40.9 Å². The fraction of sp³-hybridized carbons (Fsp3) is 0.250. The van der Waals surface area contributed by atoms with E-state index in [4.69, 9.17) is 5.84 Å². The van der Waals surface area contributed by atoms with Crippen molar-refractivity contribution in [2.24, 2.45) is 5.84 Å². The molecule has 0 heterocycles. The van der Waals surface area contributed by atoms with Gasteiger partial charge in [0.05, 0.1) is 6.04 Å². The number of aryl methyl sites for hydroxylation is 3. The minimum Gasteiger partial charge on any atom is -0.271 e. The second-order valence-electron chi connectivity index (χ2n) is 4.98. The largest absolute Gasteiger partial charge is 0.271 e. The van der Waals surface area contributed by atoms with Gasteiger partial charge in [-0.1, -0.05) is 57.4 Å². The Hall–Kier alpha value is -1.16. The number of nitrogens with one attached hydrogen (secondary N) is 1. The molecule has 100 valence electrons. The van der Waals surface area contributed by atoms with Crippen molar-refractivity contribution in [3.63, 3.8) is 0 Å². The van der Waals surface area contributed by atoms with Gasteiger partial charge < -0.3 is 0 Å². The molecule has 0 fully saturated rings. The van der Waals surface area contributed by atoms with Gasteiger partial charge in [-0.05, 0) is 43.5 Å². The Morgan fingerprint density at radius 2 is 1.58 bits per heavy atom. The monoisotopic (exact) mass is 318 g/mol. The van der Waals surface area contributed by atoms with Crippen LogP contribution in [0.5, 0.6) is 0 Å². The van der Waals surface area contributed by atoms with Crippen molar-refractivity contribution in [1.82, 2.24) is 5.43 Å². The van der Waals surface area contributed by atoms with Gasteiger partial charge in [0.15, 0.2) is 0 Å². The van der Waals surface area contributed by atoms with Gasteiger partial charge in [-0.25, -0.2) is 5.43 Å². The van der Waals surface area contributed by atoms with E-state index in [0.717, 1.165) is 10.0 Å². The maximum absolute atomic E-state index is 5.79. The molecule has 0 radical (unpaired) electrons. The van der Waals surface area contributed by atoms with Gasteiger partial charge in [0, 0.05) is 4.47 Å². The first-order valence-corrected chi connectivity index (χ1v) is 7.11. The number of hydrogen-bond acceptors (Lipinski definition) is 2. The van der Waals surface area contributed by atoms with Gasteiger partial charge in [-0.15, -0.1) is 0 Å². The van der Waals surface area contributed by atoms with E-state index in [2.05, 4.69) is 78.5 Å². The maximum Gasteiger partial charge on any atom is 0.0723 e. The molecule has 1 atom stereocenters. The van der Waals surface area contributed by atoms with E-state index in [1.165, 1.54) is 22.3 Å². The SMILES string of the molecule is Cc1ccc(C(NN)c2cc(C)ccc2Br)c(C)c1. The number of hydrazine groups is 1. The predicted molar refractivity (Wildman–Crippen MR) is 84.0 cm³/mol. The van der Waals surface area contributed by atoms with Gasteiger partial charge in [0.2, 0.25) is 0 Å². The minimum absolute atomic E-state index is 0.00475. The van der Waals surface area contributed by atoms with Gasteiger partial charge >= 0.3 is 0 Å². The van der Waals surface area contributed by atoms with Crippen LogP contribution in [-0.2, 0) is 0 Å². The van der Waals surface area contributed by atoms with Crippen molar-refractivity contribution in [3.05, 3.63) is 68.7 Å². The molecule has 3 heteroatoms. The van der Waals surface area contributed by atoms with Crippen LogP contribution in [0.3, 0.4) is 0 Å². The lowest BCUT2D eigenvalue weighted by Gasteiger charge is -2.21. The molecule has 2 rings (SSSR count). The zero-order valence-electron chi connectivity index (χ0n) is 11.5. The van der Waals surface area contributed by atoms with E-state index < -0.39 is 0 Å². The summed E-state index contributed by atoms with van der Waals surface area (Å²) in [6.45, 7) is 6.31. The smallest absolute Gasteiger partial charge is 0.0723 e.